The molecule has 1 aromatic rings. The Bertz CT molecular complexity index is 491. The van der Waals surface area contributed by atoms with Crippen LogP contribution in [0.25, 0.3) is 0 Å². The number of fused-ring (bicyclic) bond motifs is 2. The van der Waals surface area contributed by atoms with Gasteiger partial charge in [-0.2, -0.15) is 0 Å². The van der Waals surface area contributed by atoms with Crippen molar-refractivity contribution < 1.29 is 4.39 Å². The molecule has 2 saturated heterocycles. The highest BCUT2D eigenvalue weighted by Gasteiger charge is 2.40. The Hall–Kier alpha value is -0.970. The summed E-state index contributed by atoms with van der Waals surface area (Å²) >= 11 is 0. The summed E-state index contributed by atoms with van der Waals surface area (Å²) in [6, 6.07) is 6.79. The first-order valence-electron chi connectivity index (χ1n) is 8.01. The van der Waals surface area contributed by atoms with Gasteiger partial charge in [0.25, 0.3) is 0 Å². The maximum Gasteiger partial charge on any atom is 0.123 e. The average Bonchev–Trinajstić information content (AvgIpc) is 2.68. The van der Waals surface area contributed by atoms with Crippen LogP contribution in [0.2, 0.25) is 0 Å². The van der Waals surface area contributed by atoms with Gasteiger partial charge in [-0.1, -0.05) is 6.07 Å². The van der Waals surface area contributed by atoms with E-state index in [4.69, 9.17) is 5.84 Å². The SMILES string of the molecule is Cc1cc(F)ccc1CC(NN)C1CC2CCC(C1)N2C. The number of nitrogens with two attached hydrogens (primary N) is 1. The van der Waals surface area contributed by atoms with Gasteiger partial charge in [0.05, 0.1) is 0 Å². The molecule has 3 nitrogen and oxygen atoms in total. The number of nitrogens with zero attached hydrogens (tertiary/aromatic N) is 1. The molecule has 2 fully saturated rings. The van der Waals surface area contributed by atoms with Crippen molar-refractivity contribution in [3.05, 3.63) is 35.1 Å². The Morgan fingerprint density at radius 3 is 2.57 bits per heavy atom. The van der Waals surface area contributed by atoms with Crippen molar-refractivity contribution >= 4 is 0 Å². The molecule has 0 saturated carbocycles. The first-order valence-corrected chi connectivity index (χ1v) is 8.01. The van der Waals surface area contributed by atoms with Crippen LogP contribution in [0.4, 0.5) is 4.39 Å². The highest BCUT2D eigenvalue weighted by molar-refractivity contribution is 5.27. The van der Waals surface area contributed by atoms with Crippen LogP contribution in [0.3, 0.4) is 0 Å². The fourth-order valence-electron chi connectivity index (χ4n) is 4.27. The van der Waals surface area contributed by atoms with Crippen LogP contribution in [0.1, 0.15) is 36.8 Å². The van der Waals surface area contributed by atoms with Gasteiger partial charge in [0.1, 0.15) is 5.82 Å². The highest BCUT2D eigenvalue weighted by atomic mass is 19.1. The number of benzene rings is 1. The third-order valence-corrected chi connectivity index (χ3v) is 5.66. The molecule has 0 radical (unpaired) electrons. The molecule has 3 rings (SSSR count). The van der Waals surface area contributed by atoms with Gasteiger partial charge in [0, 0.05) is 18.1 Å². The van der Waals surface area contributed by atoms with E-state index in [2.05, 4.69) is 17.4 Å². The molecule has 0 spiro atoms. The van der Waals surface area contributed by atoms with Gasteiger partial charge in [-0.25, -0.2) is 4.39 Å². The van der Waals surface area contributed by atoms with Crippen molar-refractivity contribution in [3.8, 4) is 0 Å². The fraction of sp³-hybridized carbons (Fsp3) is 0.647. The van der Waals surface area contributed by atoms with Crippen molar-refractivity contribution in [2.75, 3.05) is 7.05 Å². The second kappa shape index (κ2) is 6.03. The van der Waals surface area contributed by atoms with Gasteiger partial charge in [-0.3, -0.25) is 11.3 Å². The zero-order chi connectivity index (χ0) is 15.0. The Morgan fingerprint density at radius 1 is 1.33 bits per heavy atom. The average molecular weight is 291 g/mol. The quantitative estimate of drug-likeness (QED) is 0.661. The van der Waals surface area contributed by atoms with Gasteiger partial charge in [-0.05, 0) is 75.3 Å². The molecule has 0 aliphatic carbocycles. The van der Waals surface area contributed by atoms with Crippen molar-refractivity contribution in [3.63, 3.8) is 0 Å². The van der Waals surface area contributed by atoms with E-state index in [1.54, 1.807) is 12.1 Å². The van der Waals surface area contributed by atoms with Crippen molar-refractivity contribution in [1.82, 2.24) is 10.3 Å². The second-order valence-electron chi connectivity index (χ2n) is 6.83. The fourth-order valence-corrected chi connectivity index (χ4v) is 4.27. The minimum Gasteiger partial charge on any atom is -0.300 e. The predicted octanol–water partition coefficient (Wildman–Crippen LogP) is 2.38. The molecule has 116 valence electrons. The van der Waals surface area contributed by atoms with E-state index in [1.807, 2.05) is 13.0 Å². The van der Waals surface area contributed by atoms with Crippen molar-refractivity contribution in [1.29, 1.82) is 0 Å². The predicted molar refractivity (Wildman–Crippen MR) is 83.2 cm³/mol. The molecule has 4 heteroatoms. The summed E-state index contributed by atoms with van der Waals surface area (Å²) in [4.78, 5) is 2.55. The number of nitrogens with one attached hydrogen (secondary N) is 1. The van der Waals surface area contributed by atoms with E-state index in [1.165, 1.54) is 31.2 Å². The Balaban J connectivity index is 1.71. The summed E-state index contributed by atoms with van der Waals surface area (Å²) in [5.74, 6) is 6.30. The summed E-state index contributed by atoms with van der Waals surface area (Å²) in [6.07, 6.45) is 5.98. The van der Waals surface area contributed by atoms with Crippen LogP contribution in [0, 0.1) is 18.7 Å². The summed E-state index contributed by atoms with van der Waals surface area (Å²) < 4.78 is 13.2. The lowest BCUT2D eigenvalue weighted by Gasteiger charge is -2.39. The molecule has 21 heavy (non-hydrogen) atoms. The smallest absolute Gasteiger partial charge is 0.123 e. The Kier molecular flexibility index (Phi) is 4.29. The number of hydrazine groups is 1. The molecule has 2 bridgehead atoms. The van der Waals surface area contributed by atoms with Crippen LogP contribution >= 0.6 is 0 Å². The lowest BCUT2D eigenvalue weighted by molar-refractivity contribution is 0.112. The summed E-state index contributed by atoms with van der Waals surface area (Å²) in [7, 11) is 2.26. The molecule has 1 aromatic carbocycles. The number of halogens is 1. The first kappa shape index (κ1) is 14.9. The van der Waals surface area contributed by atoms with E-state index in [0.717, 1.165) is 24.1 Å². The lowest BCUT2D eigenvalue weighted by atomic mass is 9.82. The number of rotatable bonds is 4. The van der Waals surface area contributed by atoms with Crippen LogP contribution < -0.4 is 11.3 Å². The minimum absolute atomic E-state index is 0.161. The van der Waals surface area contributed by atoms with Crippen molar-refractivity contribution in [2.24, 2.45) is 11.8 Å². The van der Waals surface area contributed by atoms with E-state index in [-0.39, 0.29) is 11.9 Å². The zero-order valence-electron chi connectivity index (χ0n) is 13.0. The molecule has 0 aromatic heterocycles. The van der Waals surface area contributed by atoms with Gasteiger partial charge < -0.3 is 4.90 Å². The number of aryl methyl sites for hydroxylation is 1. The minimum atomic E-state index is -0.161. The first-order chi connectivity index (χ1) is 10.1. The number of piperidine rings is 1. The Morgan fingerprint density at radius 2 is 2.00 bits per heavy atom. The highest BCUT2D eigenvalue weighted by Crippen LogP contribution is 2.39. The molecule has 3 unspecified atom stereocenters. The van der Waals surface area contributed by atoms with Gasteiger partial charge in [-0.15, -0.1) is 0 Å². The van der Waals surface area contributed by atoms with Gasteiger partial charge in [0.15, 0.2) is 0 Å². The third kappa shape index (κ3) is 2.98. The number of hydrogen-bond acceptors (Lipinski definition) is 3. The third-order valence-electron chi connectivity index (χ3n) is 5.66. The molecule has 0 amide bonds. The molecule has 3 N–H and O–H groups in total. The lowest BCUT2D eigenvalue weighted by Crippen LogP contribution is -2.49. The van der Waals surface area contributed by atoms with Crippen LogP contribution in [0.5, 0.6) is 0 Å². The maximum absolute atomic E-state index is 13.2. The molecule has 2 aliphatic heterocycles. The summed E-state index contributed by atoms with van der Waals surface area (Å²) in [6.45, 7) is 1.98. The maximum atomic E-state index is 13.2. The van der Waals surface area contributed by atoms with Gasteiger partial charge in [0.2, 0.25) is 0 Å². The van der Waals surface area contributed by atoms with Crippen molar-refractivity contribution in [2.45, 2.75) is 57.2 Å². The normalized spacial score (nSPS) is 30.6. The monoisotopic (exact) mass is 291 g/mol. The Labute approximate surface area is 126 Å². The molecule has 3 atom stereocenters. The molecular formula is C17H26FN3. The van der Waals surface area contributed by atoms with E-state index in [9.17, 15) is 4.39 Å². The largest absolute Gasteiger partial charge is 0.300 e. The van der Waals surface area contributed by atoms with E-state index in [0.29, 0.717) is 5.92 Å². The van der Waals surface area contributed by atoms with Crippen LogP contribution in [-0.2, 0) is 6.42 Å². The van der Waals surface area contributed by atoms with Crippen LogP contribution in [0.15, 0.2) is 18.2 Å². The number of hydrogen-bond donors (Lipinski definition) is 2. The van der Waals surface area contributed by atoms with E-state index >= 15 is 0 Å². The standard InChI is InChI=1S/C17H26FN3/c1-11-7-14(18)4-3-12(11)10-17(20-19)13-8-15-5-6-16(9-13)21(15)2/h3-4,7,13,15-17,20H,5-6,8-10,19H2,1-2H3. The van der Waals surface area contributed by atoms with Gasteiger partial charge >= 0.3 is 0 Å². The topological polar surface area (TPSA) is 41.3 Å². The summed E-state index contributed by atoms with van der Waals surface area (Å²) in [5, 5.41) is 0. The second-order valence-corrected chi connectivity index (χ2v) is 6.83. The van der Waals surface area contributed by atoms with Crippen LogP contribution in [-0.4, -0.2) is 30.1 Å². The molecular weight excluding hydrogens is 265 g/mol. The molecule has 2 aliphatic rings. The zero-order valence-corrected chi connectivity index (χ0v) is 13.0. The van der Waals surface area contributed by atoms with E-state index < -0.39 is 0 Å². The summed E-state index contributed by atoms with van der Waals surface area (Å²) in [5.41, 5.74) is 5.25. The molecule has 2 heterocycles.